The van der Waals surface area contributed by atoms with Crippen molar-refractivity contribution in [1.29, 1.82) is 5.26 Å². The van der Waals surface area contributed by atoms with Gasteiger partial charge in [-0.25, -0.2) is 4.79 Å². The number of fused-ring (bicyclic) bond motifs is 7. The Hall–Kier alpha value is -3.77. The van der Waals surface area contributed by atoms with Gasteiger partial charge in [-0.05, 0) is 84.3 Å². The van der Waals surface area contributed by atoms with E-state index in [2.05, 4.69) is 51.3 Å². The summed E-state index contributed by atoms with van der Waals surface area (Å²) in [5.74, 6) is -1.11. The van der Waals surface area contributed by atoms with E-state index in [1.807, 2.05) is 6.07 Å². The summed E-state index contributed by atoms with van der Waals surface area (Å²) < 4.78 is 4.79. The summed E-state index contributed by atoms with van der Waals surface area (Å²) in [6.45, 7) is 11.0. The van der Waals surface area contributed by atoms with E-state index < -0.39 is 39.4 Å². The number of carbonyl (C=O) groups excluding carboxylic acids is 4. The van der Waals surface area contributed by atoms with E-state index in [1.165, 1.54) is 7.11 Å². The van der Waals surface area contributed by atoms with Crippen LogP contribution >= 0.6 is 0 Å². The summed E-state index contributed by atoms with van der Waals surface area (Å²) in [5.41, 5.74) is -2.48. The molecule has 5 aliphatic rings. The molecule has 0 aromatic heterocycles. The van der Waals surface area contributed by atoms with Crippen LogP contribution in [0, 0.1) is 50.2 Å². The molecule has 9 nitrogen and oxygen atoms in total. The average Bonchev–Trinajstić information content (AvgIpc) is 3.07. The van der Waals surface area contributed by atoms with Crippen molar-refractivity contribution < 1.29 is 29.0 Å². The van der Waals surface area contributed by atoms with Crippen LogP contribution in [0.2, 0.25) is 0 Å². The van der Waals surface area contributed by atoms with Crippen LogP contribution < -0.4 is 10.6 Å². The van der Waals surface area contributed by atoms with Crippen LogP contribution in [0.3, 0.4) is 0 Å². The molecule has 0 spiro atoms. The van der Waals surface area contributed by atoms with Crippen LogP contribution in [0.5, 0.6) is 0 Å². The normalized spacial score (nSPS) is 40.7. The van der Waals surface area contributed by atoms with Crippen LogP contribution in [0.4, 0.5) is 4.79 Å². The van der Waals surface area contributed by atoms with Crippen molar-refractivity contribution in [2.75, 3.05) is 13.7 Å². The molecular weight excluding hydrogens is 606 g/mol. The molecule has 0 radical (unpaired) electrons. The van der Waals surface area contributed by atoms with E-state index in [1.54, 1.807) is 36.4 Å². The highest BCUT2D eigenvalue weighted by Crippen LogP contribution is 2.74. The van der Waals surface area contributed by atoms with Gasteiger partial charge in [-0.15, -0.1) is 0 Å². The number of Topliss-reactive ketones (excluding diaryl/α,β-unsaturated/α-hetero) is 1. The molecule has 5 aliphatic carbocycles. The predicted molar refractivity (Wildman–Crippen MR) is 179 cm³/mol. The molecule has 1 unspecified atom stereocenters. The Morgan fingerprint density at radius 2 is 1.73 bits per heavy atom. The van der Waals surface area contributed by atoms with E-state index >= 15 is 0 Å². The zero-order valence-corrected chi connectivity index (χ0v) is 29.1. The van der Waals surface area contributed by atoms with Crippen molar-refractivity contribution in [3.05, 3.63) is 59.2 Å². The maximum atomic E-state index is 14.6. The number of alkyl carbamates (subject to hydrolysis) is 1. The smallest absolute Gasteiger partial charge is 0.407 e. The second-order valence-corrected chi connectivity index (χ2v) is 16.6. The first-order valence-electron chi connectivity index (χ1n) is 17.3. The van der Waals surface area contributed by atoms with E-state index in [0.717, 1.165) is 37.7 Å². The Bertz CT molecular complexity index is 1660. The predicted octanol–water partition coefficient (Wildman–Crippen LogP) is 5.90. The number of aliphatic hydroxyl groups is 1. The second-order valence-electron chi connectivity index (χ2n) is 16.6. The van der Waals surface area contributed by atoms with Crippen molar-refractivity contribution in [2.45, 2.75) is 97.6 Å². The summed E-state index contributed by atoms with van der Waals surface area (Å²) >= 11 is 0. The number of hydrogen-bond donors (Lipinski definition) is 3. The Kier molecular flexibility index (Phi) is 8.10. The fourth-order valence-corrected chi connectivity index (χ4v) is 10.6. The number of carbonyl (C=O) groups is 4. The molecule has 2 amide bonds. The molecule has 3 saturated carbocycles. The van der Waals surface area contributed by atoms with Gasteiger partial charge >= 0.3 is 6.09 Å². The molecule has 3 fully saturated rings. The highest BCUT2D eigenvalue weighted by atomic mass is 16.5. The Balaban J connectivity index is 1.32. The number of ether oxygens (including phenoxy) is 1. The lowest BCUT2D eigenvalue weighted by Crippen LogP contribution is -2.73. The van der Waals surface area contributed by atoms with E-state index in [9.17, 15) is 29.5 Å². The van der Waals surface area contributed by atoms with Crippen molar-refractivity contribution in [2.24, 2.45) is 38.9 Å². The molecule has 256 valence electrons. The lowest BCUT2D eigenvalue weighted by Gasteiger charge is -2.71. The number of methoxy groups -OCH3 is 1. The van der Waals surface area contributed by atoms with Crippen LogP contribution in [0.1, 0.15) is 97.6 Å². The summed E-state index contributed by atoms with van der Waals surface area (Å²) in [7, 11) is 1.26. The van der Waals surface area contributed by atoms with E-state index in [4.69, 9.17) is 4.74 Å². The summed E-state index contributed by atoms with van der Waals surface area (Å²) in [5, 5.41) is 28.6. The number of nitrogens with zero attached hydrogens (tertiary/aromatic N) is 1. The van der Waals surface area contributed by atoms with Gasteiger partial charge in [0.2, 0.25) is 5.91 Å². The highest BCUT2D eigenvalue weighted by Gasteiger charge is 2.74. The van der Waals surface area contributed by atoms with Crippen LogP contribution in [-0.2, 0) is 19.1 Å². The largest absolute Gasteiger partial charge is 0.453 e. The summed E-state index contributed by atoms with van der Waals surface area (Å²) in [4.78, 5) is 53.1. The van der Waals surface area contributed by atoms with Gasteiger partial charge in [0, 0.05) is 29.7 Å². The molecule has 1 aromatic carbocycles. The number of allylic oxidation sites excluding steroid dienone is 3. The molecule has 48 heavy (non-hydrogen) atoms. The molecule has 0 aliphatic heterocycles. The fourth-order valence-electron chi connectivity index (χ4n) is 10.6. The topological polar surface area (TPSA) is 146 Å². The first kappa shape index (κ1) is 34.1. The lowest BCUT2D eigenvalue weighted by atomic mass is 9.34. The Morgan fingerprint density at radius 3 is 2.40 bits per heavy atom. The fraction of sp³-hybridized carbons (Fsp3) is 0.615. The standard InChI is InChI=1S/C39H49N3O6/c1-34(23-41-32(45)31(42-33(46)48-6)24-10-8-7-9-11-24)14-15-35(2)16-17-38(5)37(4)13-12-26-18-27(43)25(22-40)20-36(26,3)28(37)19-30(44)39(38,47)29(35)21-34/h7-11,19-20,26,29,31,47H,12-18,21,23H2,1-6H3,(H,41,45)(H,42,46)/t26-,29+,31?,34-,35+,36-,37+,38-,39+/m0/s1. The van der Waals surface area contributed by atoms with Gasteiger partial charge in [0.1, 0.15) is 17.7 Å². The van der Waals surface area contributed by atoms with Crippen molar-refractivity contribution >= 4 is 23.6 Å². The SMILES string of the molecule is COC(=O)NC(C(=O)NC[C@@]1(C)CC[C@]2(C)CC[C@@]3(C)[C@]4(C)CC[C@H]5CC(=O)C(C#N)=C[C@]5(C)C4=CC(=O)[C@]3(O)[C@@H]2C1)c1ccccc1. The van der Waals surface area contributed by atoms with Gasteiger partial charge < -0.3 is 20.5 Å². The monoisotopic (exact) mass is 655 g/mol. The average molecular weight is 656 g/mol. The number of nitriles is 1. The number of ketones is 2. The van der Waals surface area contributed by atoms with Gasteiger partial charge in [-0.2, -0.15) is 5.26 Å². The van der Waals surface area contributed by atoms with Gasteiger partial charge in [0.25, 0.3) is 0 Å². The second kappa shape index (κ2) is 11.4. The first-order valence-corrected chi connectivity index (χ1v) is 17.3. The maximum Gasteiger partial charge on any atom is 0.407 e. The highest BCUT2D eigenvalue weighted by molar-refractivity contribution is 6.02. The summed E-state index contributed by atoms with van der Waals surface area (Å²) in [6, 6.07) is 10.2. The number of rotatable bonds is 5. The number of benzene rings is 1. The Morgan fingerprint density at radius 1 is 1.04 bits per heavy atom. The van der Waals surface area contributed by atoms with Crippen molar-refractivity contribution in [3.63, 3.8) is 0 Å². The first-order chi connectivity index (χ1) is 22.5. The molecule has 3 N–H and O–H groups in total. The van der Waals surface area contributed by atoms with Gasteiger partial charge in [0.15, 0.2) is 11.6 Å². The van der Waals surface area contributed by atoms with Crippen LogP contribution in [-0.4, -0.2) is 47.9 Å². The van der Waals surface area contributed by atoms with Crippen molar-refractivity contribution in [3.8, 4) is 6.07 Å². The van der Waals surface area contributed by atoms with Gasteiger partial charge in [-0.1, -0.05) is 71.0 Å². The van der Waals surface area contributed by atoms with Gasteiger partial charge in [-0.3, -0.25) is 14.4 Å². The molecule has 1 aromatic rings. The van der Waals surface area contributed by atoms with Gasteiger partial charge in [0.05, 0.1) is 12.7 Å². The quantitative estimate of drug-likeness (QED) is 0.358. The third-order valence-corrected chi connectivity index (χ3v) is 14.1. The molecule has 0 heterocycles. The third kappa shape index (κ3) is 4.80. The molecular formula is C39H49N3O6. The minimum atomic E-state index is -1.63. The number of nitrogens with one attached hydrogen (secondary N) is 2. The van der Waals surface area contributed by atoms with Crippen LogP contribution in [0.15, 0.2) is 53.6 Å². The maximum absolute atomic E-state index is 14.6. The number of amides is 2. The van der Waals surface area contributed by atoms with Crippen molar-refractivity contribution in [1.82, 2.24) is 10.6 Å². The molecule has 6 rings (SSSR count). The minimum Gasteiger partial charge on any atom is -0.453 e. The Labute approximate surface area is 283 Å². The zero-order chi connectivity index (χ0) is 34.9. The molecule has 0 saturated heterocycles. The minimum absolute atomic E-state index is 0.00726. The van der Waals surface area contributed by atoms with Crippen LogP contribution in [0.25, 0.3) is 0 Å². The van der Waals surface area contributed by atoms with E-state index in [-0.39, 0.29) is 40.3 Å². The third-order valence-electron chi connectivity index (χ3n) is 14.1. The lowest BCUT2D eigenvalue weighted by molar-refractivity contribution is -0.242. The van der Waals surface area contributed by atoms with E-state index in [0.29, 0.717) is 31.4 Å². The summed E-state index contributed by atoms with van der Waals surface area (Å²) in [6.07, 6.45) is 8.34. The zero-order valence-electron chi connectivity index (χ0n) is 29.1. The molecule has 9 atom stereocenters. The number of hydrogen-bond acceptors (Lipinski definition) is 7. The molecule has 9 heteroatoms. The molecule has 0 bridgehead atoms.